The van der Waals surface area contributed by atoms with Gasteiger partial charge in [0.1, 0.15) is 0 Å². The first kappa shape index (κ1) is 68.8. The summed E-state index contributed by atoms with van der Waals surface area (Å²) in [6.45, 7) is 26.0. The van der Waals surface area contributed by atoms with Crippen molar-refractivity contribution in [1.29, 1.82) is 0 Å². The summed E-state index contributed by atoms with van der Waals surface area (Å²) in [5.41, 5.74) is 0. The average molecular weight is 947 g/mol. The zero-order valence-corrected chi connectivity index (χ0v) is 47.3. The van der Waals surface area contributed by atoms with Crippen molar-refractivity contribution in [3.05, 3.63) is 0 Å². The number of nitrogens with zero attached hydrogens (tertiary/aromatic N) is 2. The molecule has 0 saturated heterocycles. The van der Waals surface area contributed by atoms with Crippen LogP contribution in [0.2, 0.25) is 0 Å². The quantitative estimate of drug-likeness (QED) is 0.0421. The SMILES string of the molecule is CCCCCCCC[N+](CCCCCCCC)(CCCCCCCC)CCCCCCCCCCCC[N+](CCCCCCCC)(CCCCCCCC)CCCCCCCC.[Cl-].[Cl-]. The lowest BCUT2D eigenvalue weighted by atomic mass is 10.0. The molecule has 0 aliphatic heterocycles. The second-order valence-electron chi connectivity index (χ2n) is 21.6. The number of hydrogen-bond acceptors (Lipinski definition) is 0. The highest BCUT2D eigenvalue weighted by atomic mass is 35.5. The molecule has 0 aliphatic carbocycles. The fourth-order valence-corrected chi connectivity index (χ4v) is 11.0. The van der Waals surface area contributed by atoms with Crippen LogP contribution in [0.3, 0.4) is 0 Å². The van der Waals surface area contributed by atoms with Gasteiger partial charge in [0.25, 0.3) is 0 Å². The smallest absolute Gasteiger partial charge is 0.0786 e. The van der Waals surface area contributed by atoms with Crippen molar-refractivity contribution in [2.45, 2.75) is 337 Å². The molecule has 0 saturated carbocycles. The minimum Gasteiger partial charge on any atom is -1.00 e. The van der Waals surface area contributed by atoms with Crippen molar-refractivity contribution >= 4 is 0 Å². The van der Waals surface area contributed by atoms with E-state index in [1.165, 1.54) is 357 Å². The average Bonchev–Trinajstić information content (AvgIpc) is 3.28. The summed E-state index contributed by atoms with van der Waals surface area (Å²) in [6.07, 6.45) is 67.0. The number of unbranched alkanes of at least 4 members (excludes halogenated alkanes) is 39. The molecular weight excluding hydrogens is 820 g/mol. The Morgan fingerprint density at radius 2 is 0.234 bits per heavy atom. The lowest BCUT2D eigenvalue weighted by Gasteiger charge is -2.40. The van der Waals surface area contributed by atoms with E-state index >= 15 is 0 Å². The normalized spacial score (nSPS) is 11.9. The van der Waals surface area contributed by atoms with Gasteiger partial charge in [-0.1, -0.05) is 234 Å². The molecule has 0 N–H and O–H groups in total. The lowest BCUT2D eigenvalue weighted by molar-refractivity contribution is -0.929. The van der Waals surface area contributed by atoms with Crippen LogP contribution in [-0.2, 0) is 0 Å². The van der Waals surface area contributed by atoms with Crippen molar-refractivity contribution < 1.29 is 33.8 Å². The first-order valence-electron chi connectivity index (χ1n) is 30.3. The van der Waals surface area contributed by atoms with Crippen LogP contribution in [0.1, 0.15) is 337 Å². The van der Waals surface area contributed by atoms with Crippen LogP contribution < -0.4 is 24.8 Å². The maximum atomic E-state index is 2.36. The number of rotatable bonds is 55. The Morgan fingerprint density at radius 3 is 0.344 bits per heavy atom. The molecule has 0 aliphatic rings. The Balaban J connectivity index is -0.0000186. The molecule has 0 unspecified atom stereocenters. The summed E-state index contributed by atoms with van der Waals surface area (Å²) >= 11 is 0. The second kappa shape index (κ2) is 56.1. The highest BCUT2D eigenvalue weighted by Crippen LogP contribution is 2.23. The highest BCUT2D eigenvalue weighted by Gasteiger charge is 2.27. The van der Waals surface area contributed by atoms with Gasteiger partial charge in [0.2, 0.25) is 0 Å². The Morgan fingerprint density at radius 1 is 0.141 bits per heavy atom. The molecule has 2 nitrogen and oxygen atoms in total. The predicted molar refractivity (Wildman–Crippen MR) is 286 cm³/mol. The molecule has 0 aromatic heterocycles. The van der Waals surface area contributed by atoms with Gasteiger partial charge in [-0.25, -0.2) is 0 Å². The third kappa shape index (κ3) is 46.2. The van der Waals surface area contributed by atoms with E-state index < -0.39 is 0 Å². The third-order valence-electron chi connectivity index (χ3n) is 15.4. The van der Waals surface area contributed by atoms with E-state index in [0.717, 1.165) is 0 Å². The number of halogens is 2. The standard InChI is InChI=1S/C60H126N2.2ClH/c1-7-13-19-25-37-45-53-61(54-46-38-26-20-14-8-2,55-47-39-27-21-15-9-3)59-51-43-35-33-31-32-34-36-44-52-60-62(56-48-40-28-22-16-10-4,57-49-41-29-23-17-11-5)58-50-42-30-24-18-12-6;;/h7-60H2,1-6H3;2*1H/q+2;;/p-2. The first-order valence-corrected chi connectivity index (χ1v) is 30.3. The molecule has 0 rings (SSSR count). The minimum atomic E-state index is 0. The molecule has 0 atom stereocenters. The summed E-state index contributed by atoms with van der Waals surface area (Å²) in [5.74, 6) is 0. The monoisotopic (exact) mass is 945 g/mol. The van der Waals surface area contributed by atoms with Crippen molar-refractivity contribution in [3.8, 4) is 0 Å². The van der Waals surface area contributed by atoms with Crippen molar-refractivity contribution in [2.24, 2.45) is 0 Å². The van der Waals surface area contributed by atoms with Gasteiger partial charge >= 0.3 is 0 Å². The van der Waals surface area contributed by atoms with Gasteiger partial charge in [-0.2, -0.15) is 0 Å². The van der Waals surface area contributed by atoms with Crippen LogP contribution >= 0.6 is 0 Å². The molecular formula is C60H126Cl2N2. The highest BCUT2D eigenvalue weighted by molar-refractivity contribution is 4.58. The molecule has 0 heterocycles. The maximum absolute atomic E-state index is 2.36. The van der Waals surface area contributed by atoms with E-state index in [9.17, 15) is 0 Å². The summed E-state index contributed by atoms with van der Waals surface area (Å²) in [6, 6.07) is 0. The Bertz CT molecular complexity index is 672. The van der Waals surface area contributed by atoms with E-state index in [0.29, 0.717) is 0 Å². The van der Waals surface area contributed by atoms with Gasteiger partial charge in [-0.15, -0.1) is 0 Å². The molecule has 0 aromatic rings. The minimum absolute atomic E-state index is 0. The largest absolute Gasteiger partial charge is 1.00 e. The van der Waals surface area contributed by atoms with E-state index in [2.05, 4.69) is 41.5 Å². The van der Waals surface area contributed by atoms with Gasteiger partial charge < -0.3 is 33.8 Å². The van der Waals surface area contributed by atoms with Crippen LogP contribution in [0.25, 0.3) is 0 Å². The third-order valence-corrected chi connectivity index (χ3v) is 15.4. The molecule has 0 spiro atoms. The molecule has 0 radical (unpaired) electrons. The molecule has 0 fully saturated rings. The first-order chi connectivity index (χ1) is 30.6. The molecule has 0 bridgehead atoms. The Hall–Kier alpha value is 0.500. The van der Waals surface area contributed by atoms with Crippen molar-refractivity contribution in [1.82, 2.24) is 0 Å². The van der Waals surface area contributed by atoms with Gasteiger partial charge in [-0.05, 0) is 103 Å². The molecule has 0 amide bonds. The number of hydrogen-bond donors (Lipinski definition) is 0. The van der Waals surface area contributed by atoms with E-state index in [1.54, 1.807) is 0 Å². The number of quaternary nitrogens is 2. The zero-order valence-electron chi connectivity index (χ0n) is 45.8. The van der Waals surface area contributed by atoms with Crippen LogP contribution in [0.4, 0.5) is 0 Å². The Labute approximate surface area is 421 Å². The fraction of sp³-hybridized carbons (Fsp3) is 1.00. The summed E-state index contributed by atoms with van der Waals surface area (Å²) in [5, 5.41) is 0. The molecule has 0 aromatic carbocycles. The second-order valence-corrected chi connectivity index (χ2v) is 21.6. The van der Waals surface area contributed by atoms with Crippen molar-refractivity contribution in [2.75, 3.05) is 52.4 Å². The Kier molecular flexibility index (Phi) is 60.3. The topological polar surface area (TPSA) is 0 Å². The summed E-state index contributed by atoms with van der Waals surface area (Å²) in [7, 11) is 0. The lowest BCUT2D eigenvalue weighted by Crippen LogP contribution is -3.00. The molecule has 4 heteroatoms. The van der Waals surface area contributed by atoms with E-state index in [1.807, 2.05) is 0 Å². The molecule has 64 heavy (non-hydrogen) atoms. The van der Waals surface area contributed by atoms with Crippen LogP contribution in [0.5, 0.6) is 0 Å². The van der Waals surface area contributed by atoms with Crippen LogP contribution in [-0.4, -0.2) is 61.3 Å². The van der Waals surface area contributed by atoms with Gasteiger partial charge in [0.05, 0.1) is 52.4 Å². The predicted octanol–water partition coefficient (Wildman–Crippen LogP) is 14.7. The van der Waals surface area contributed by atoms with Gasteiger partial charge in [0.15, 0.2) is 0 Å². The summed E-state index contributed by atoms with van der Waals surface area (Å²) in [4.78, 5) is 0. The van der Waals surface area contributed by atoms with Crippen LogP contribution in [0.15, 0.2) is 0 Å². The fourth-order valence-electron chi connectivity index (χ4n) is 11.0. The van der Waals surface area contributed by atoms with E-state index in [4.69, 9.17) is 0 Å². The van der Waals surface area contributed by atoms with Gasteiger partial charge in [-0.3, -0.25) is 0 Å². The van der Waals surface area contributed by atoms with Crippen LogP contribution in [0, 0.1) is 0 Å². The maximum Gasteiger partial charge on any atom is 0.0786 e. The molecule has 390 valence electrons. The zero-order chi connectivity index (χ0) is 45.2. The van der Waals surface area contributed by atoms with Gasteiger partial charge in [0, 0.05) is 0 Å². The summed E-state index contributed by atoms with van der Waals surface area (Å²) < 4.78 is 2.96. The van der Waals surface area contributed by atoms with E-state index in [-0.39, 0.29) is 24.8 Å². The van der Waals surface area contributed by atoms with Crippen molar-refractivity contribution in [3.63, 3.8) is 0 Å².